The van der Waals surface area contributed by atoms with Crippen LogP contribution in [0.4, 0.5) is 13.2 Å². The minimum Gasteiger partial charge on any atom is -0.366 e. The quantitative estimate of drug-likeness (QED) is 0.892. The molecule has 1 saturated carbocycles. The Bertz CT molecular complexity index is 504. The minimum atomic E-state index is -4.38. The van der Waals surface area contributed by atoms with Gasteiger partial charge in [-0.15, -0.1) is 0 Å². The van der Waals surface area contributed by atoms with Crippen molar-refractivity contribution in [2.24, 2.45) is 5.73 Å². The van der Waals surface area contributed by atoms with Gasteiger partial charge in [0.2, 0.25) is 5.91 Å². The Morgan fingerprint density at radius 2 is 2.00 bits per heavy atom. The molecule has 1 fully saturated rings. The molecule has 19 heavy (non-hydrogen) atoms. The smallest absolute Gasteiger partial charge is 0.366 e. The van der Waals surface area contributed by atoms with Gasteiger partial charge < -0.3 is 5.73 Å². The topological polar surface area (TPSA) is 43.1 Å². The van der Waals surface area contributed by atoms with Crippen LogP contribution in [-0.2, 0) is 12.6 Å². The highest BCUT2D eigenvalue weighted by molar-refractivity contribution is 5.95. The van der Waals surface area contributed by atoms with Crippen LogP contribution in [0.5, 0.6) is 0 Å². The molecule has 0 saturated heterocycles. The third-order valence-corrected chi connectivity index (χ3v) is 3.41. The Morgan fingerprint density at radius 3 is 2.42 bits per heavy atom. The second-order valence-electron chi connectivity index (χ2n) is 4.94. The molecule has 0 spiro atoms. The molecule has 1 aliphatic rings. The molecule has 2 rings (SSSR count). The normalized spacial score (nSPS) is 15.6. The van der Waals surface area contributed by atoms with Crippen LogP contribution in [0.1, 0.15) is 59.2 Å². The summed E-state index contributed by atoms with van der Waals surface area (Å²) in [4.78, 5) is 11.4. The summed E-state index contributed by atoms with van der Waals surface area (Å²) in [6, 6.07) is 2.20. The summed E-state index contributed by atoms with van der Waals surface area (Å²) in [5.41, 5.74) is 5.69. The fourth-order valence-electron chi connectivity index (χ4n) is 2.50. The maximum absolute atomic E-state index is 13.1. The first-order valence-electron chi connectivity index (χ1n) is 6.39. The zero-order valence-corrected chi connectivity index (χ0v) is 10.7. The Labute approximate surface area is 109 Å². The number of amides is 1. The van der Waals surface area contributed by atoms with Crippen LogP contribution in [0.3, 0.4) is 0 Å². The molecule has 0 aromatic heterocycles. The van der Waals surface area contributed by atoms with E-state index < -0.39 is 17.6 Å². The molecule has 104 valence electrons. The van der Waals surface area contributed by atoms with Crippen LogP contribution < -0.4 is 5.73 Å². The van der Waals surface area contributed by atoms with Gasteiger partial charge in [-0.1, -0.05) is 13.3 Å². The van der Waals surface area contributed by atoms with Gasteiger partial charge in [0.05, 0.1) is 5.56 Å². The van der Waals surface area contributed by atoms with Gasteiger partial charge in [-0.2, -0.15) is 13.2 Å². The third-order valence-electron chi connectivity index (χ3n) is 3.41. The van der Waals surface area contributed by atoms with Crippen molar-refractivity contribution in [1.29, 1.82) is 0 Å². The number of benzene rings is 1. The molecule has 0 aliphatic heterocycles. The predicted molar refractivity (Wildman–Crippen MR) is 65.9 cm³/mol. The van der Waals surface area contributed by atoms with E-state index in [1.807, 2.05) is 6.92 Å². The number of halogens is 3. The van der Waals surface area contributed by atoms with Crippen molar-refractivity contribution in [1.82, 2.24) is 0 Å². The lowest BCUT2D eigenvalue weighted by Crippen LogP contribution is -2.18. The molecule has 0 heterocycles. The summed E-state index contributed by atoms with van der Waals surface area (Å²) in [5, 5.41) is 0. The van der Waals surface area contributed by atoms with Crippen LogP contribution in [0.25, 0.3) is 0 Å². The highest BCUT2D eigenvalue weighted by Gasteiger charge is 2.40. The molecule has 2 nitrogen and oxygen atoms in total. The molecular weight excluding hydrogens is 255 g/mol. The van der Waals surface area contributed by atoms with Crippen LogP contribution >= 0.6 is 0 Å². The standard InChI is InChI=1S/C14H16F3NO/c1-2-3-9-10(13(18)19)6-7-11(14(15,16)17)12(9)8-4-5-8/h6-8H,2-5H2,1H3,(H2,18,19). The van der Waals surface area contributed by atoms with Crippen molar-refractivity contribution in [2.45, 2.75) is 44.7 Å². The average molecular weight is 271 g/mol. The van der Waals surface area contributed by atoms with Gasteiger partial charge >= 0.3 is 6.18 Å². The van der Waals surface area contributed by atoms with Crippen molar-refractivity contribution in [3.05, 3.63) is 34.4 Å². The zero-order chi connectivity index (χ0) is 14.2. The monoisotopic (exact) mass is 271 g/mol. The van der Waals surface area contributed by atoms with E-state index >= 15 is 0 Å². The molecule has 1 aromatic carbocycles. The van der Waals surface area contributed by atoms with Crippen molar-refractivity contribution in [3.63, 3.8) is 0 Å². The van der Waals surface area contributed by atoms with Crippen LogP contribution in [-0.4, -0.2) is 5.91 Å². The van der Waals surface area contributed by atoms with Gasteiger partial charge in [-0.05, 0) is 48.4 Å². The van der Waals surface area contributed by atoms with E-state index in [1.165, 1.54) is 6.07 Å². The Kier molecular flexibility index (Phi) is 3.56. The van der Waals surface area contributed by atoms with Gasteiger partial charge in [0.25, 0.3) is 0 Å². The Hall–Kier alpha value is -1.52. The van der Waals surface area contributed by atoms with E-state index in [4.69, 9.17) is 5.73 Å². The maximum atomic E-state index is 13.1. The van der Waals surface area contributed by atoms with Crippen molar-refractivity contribution in [2.75, 3.05) is 0 Å². The highest BCUT2D eigenvalue weighted by Crippen LogP contribution is 2.48. The fraction of sp³-hybridized carbons (Fsp3) is 0.500. The van der Waals surface area contributed by atoms with Crippen LogP contribution in [0.15, 0.2) is 12.1 Å². The molecule has 2 N–H and O–H groups in total. The number of primary amides is 1. The number of hydrogen-bond acceptors (Lipinski definition) is 1. The van der Waals surface area contributed by atoms with E-state index in [1.54, 1.807) is 0 Å². The van der Waals surface area contributed by atoms with Gasteiger partial charge in [0.15, 0.2) is 0 Å². The van der Waals surface area contributed by atoms with Crippen LogP contribution in [0.2, 0.25) is 0 Å². The lowest BCUT2D eigenvalue weighted by Gasteiger charge is -2.19. The fourth-order valence-corrected chi connectivity index (χ4v) is 2.50. The van der Waals surface area contributed by atoms with Crippen LogP contribution in [0, 0.1) is 0 Å². The first-order valence-corrected chi connectivity index (χ1v) is 6.39. The minimum absolute atomic E-state index is 0.0718. The molecule has 5 heteroatoms. The maximum Gasteiger partial charge on any atom is 0.416 e. The predicted octanol–water partition coefficient (Wildman–Crippen LogP) is 3.63. The van der Waals surface area contributed by atoms with E-state index in [-0.39, 0.29) is 11.5 Å². The van der Waals surface area contributed by atoms with Gasteiger partial charge in [0, 0.05) is 5.56 Å². The third kappa shape index (κ3) is 2.74. The number of alkyl halides is 3. The van der Waals surface area contributed by atoms with Crippen molar-refractivity contribution >= 4 is 5.91 Å². The second kappa shape index (κ2) is 4.87. The number of hydrogen-bond donors (Lipinski definition) is 1. The van der Waals surface area contributed by atoms with E-state index in [2.05, 4.69) is 0 Å². The lowest BCUT2D eigenvalue weighted by atomic mass is 9.89. The summed E-state index contributed by atoms with van der Waals surface area (Å²) >= 11 is 0. The van der Waals surface area contributed by atoms with Gasteiger partial charge in [0.1, 0.15) is 0 Å². The molecular formula is C14H16F3NO. The largest absolute Gasteiger partial charge is 0.416 e. The average Bonchev–Trinajstić information content (AvgIpc) is 3.11. The zero-order valence-electron chi connectivity index (χ0n) is 10.7. The first kappa shape index (κ1) is 13.9. The van der Waals surface area contributed by atoms with Gasteiger partial charge in [-0.3, -0.25) is 4.79 Å². The molecule has 1 aromatic rings. The Morgan fingerprint density at radius 1 is 1.37 bits per heavy atom. The summed E-state index contributed by atoms with van der Waals surface area (Å²) in [7, 11) is 0. The summed E-state index contributed by atoms with van der Waals surface area (Å²) in [5.74, 6) is -0.725. The molecule has 0 radical (unpaired) electrons. The molecule has 0 atom stereocenters. The molecule has 0 bridgehead atoms. The number of carbonyl (C=O) groups excluding carboxylic acids is 1. The van der Waals surface area contributed by atoms with Crippen molar-refractivity contribution < 1.29 is 18.0 Å². The molecule has 1 aliphatic carbocycles. The highest BCUT2D eigenvalue weighted by atomic mass is 19.4. The molecule has 0 unspecified atom stereocenters. The van der Waals surface area contributed by atoms with E-state index in [0.717, 1.165) is 18.9 Å². The summed E-state index contributed by atoms with van der Waals surface area (Å²) in [6.45, 7) is 1.88. The lowest BCUT2D eigenvalue weighted by molar-refractivity contribution is -0.138. The number of nitrogens with two attached hydrogens (primary N) is 1. The van der Waals surface area contributed by atoms with Gasteiger partial charge in [-0.25, -0.2) is 0 Å². The number of carbonyl (C=O) groups is 1. The van der Waals surface area contributed by atoms with E-state index in [9.17, 15) is 18.0 Å². The number of rotatable bonds is 4. The molecule has 1 amide bonds. The summed E-state index contributed by atoms with van der Waals surface area (Å²) in [6.07, 6.45) is -1.74. The first-order chi connectivity index (χ1) is 8.86. The SMILES string of the molecule is CCCc1c(C(N)=O)ccc(C(F)(F)F)c1C1CC1. The van der Waals surface area contributed by atoms with E-state index in [0.29, 0.717) is 24.0 Å². The Balaban J connectivity index is 2.65. The second-order valence-corrected chi connectivity index (χ2v) is 4.94. The van der Waals surface area contributed by atoms with Crippen molar-refractivity contribution in [3.8, 4) is 0 Å². The summed E-state index contributed by atoms with van der Waals surface area (Å²) < 4.78 is 39.2.